The molecule has 0 fully saturated rings. The zero-order chi connectivity index (χ0) is 21.8. The molecule has 0 radical (unpaired) electrons. The maximum Gasteiger partial charge on any atom is 0.398 e. The Labute approximate surface area is 181 Å². The number of aryl methyl sites for hydroxylation is 1. The minimum absolute atomic E-state index is 0.271. The smallest absolute Gasteiger partial charge is 0.398 e. The third-order valence-electron chi connectivity index (χ3n) is 5.52. The Morgan fingerprint density at radius 3 is 1.66 bits per heavy atom. The monoisotopic (exact) mass is 424 g/mol. The Hall–Kier alpha value is -0.630. The average molecular weight is 425 g/mol. The summed E-state index contributed by atoms with van der Waals surface area (Å²) in [6, 6.07) is 8.46. The van der Waals surface area contributed by atoms with Crippen LogP contribution in [0.15, 0.2) is 24.3 Å². The zero-order valence-corrected chi connectivity index (χ0v) is 20.9. The molecule has 0 heterocycles. The van der Waals surface area contributed by atoms with Crippen LogP contribution < -0.4 is 4.52 Å². The fourth-order valence-corrected chi connectivity index (χ4v) is 4.15. The number of unbranched alkanes of at least 4 members (excludes halogenated alkanes) is 6. The van der Waals surface area contributed by atoms with E-state index in [1.54, 1.807) is 0 Å². The van der Waals surface area contributed by atoms with Crippen LogP contribution in [0.3, 0.4) is 0 Å². The molecule has 0 aliphatic rings. The van der Waals surface area contributed by atoms with Gasteiger partial charge in [0.15, 0.2) is 0 Å². The fourth-order valence-electron chi connectivity index (χ4n) is 2.68. The summed E-state index contributed by atoms with van der Waals surface area (Å²) in [5, 5.41) is 0. The molecule has 0 amide bonds. The first-order chi connectivity index (χ1) is 13.7. The molecule has 0 spiro atoms. The number of hydrogen-bond acceptors (Lipinski definition) is 3. The molecule has 0 atom stereocenters. The Morgan fingerprint density at radius 2 is 1.17 bits per heavy atom. The summed E-state index contributed by atoms with van der Waals surface area (Å²) in [5.74, 6) is 0.818. The molecular weight excluding hydrogens is 379 g/mol. The van der Waals surface area contributed by atoms with Gasteiger partial charge in [-0.25, -0.2) is 0 Å². The number of benzene rings is 1. The molecule has 0 N–H and O–H groups in total. The molecule has 0 aliphatic carbocycles. The topological polar surface area (TPSA) is 27.7 Å². The minimum atomic E-state index is -1.46. The molecule has 0 saturated carbocycles. The Balaban J connectivity index is 2.55. The second-order valence-electron chi connectivity index (χ2n) is 9.24. The van der Waals surface area contributed by atoms with Crippen LogP contribution in [0.2, 0.25) is 0 Å². The van der Waals surface area contributed by atoms with Crippen molar-refractivity contribution < 1.29 is 13.6 Å². The van der Waals surface area contributed by atoms with Crippen LogP contribution in [0.1, 0.15) is 112 Å². The first kappa shape index (κ1) is 26.4. The largest absolute Gasteiger partial charge is 0.427 e. The molecule has 1 aromatic rings. The predicted molar refractivity (Wildman–Crippen MR) is 127 cm³/mol. The standard InChI is InChI=1S/C25H45O3P/c1-8-11-12-13-14-15-16-17-22-18-20-23(21-19-22)26-29(27-24(4,5)9-2)28-25(6,7)10-3/h18-21H,8-17H2,1-7H3. The van der Waals surface area contributed by atoms with Crippen LogP contribution in [0.25, 0.3) is 0 Å². The van der Waals surface area contributed by atoms with E-state index in [-0.39, 0.29) is 11.2 Å². The first-order valence-electron chi connectivity index (χ1n) is 11.7. The summed E-state index contributed by atoms with van der Waals surface area (Å²) in [6.07, 6.45) is 12.4. The quantitative estimate of drug-likeness (QED) is 0.196. The molecule has 3 nitrogen and oxygen atoms in total. The van der Waals surface area contributed by atoms with Gasteiger partial charge in [0.2, 0.25) is 0 Å². The molecule has 0 unspecified atom stereocenters. The fraction of sp³-hybridized carbons (Fsp3) is 0.760. The van der Waals surface area contributed by atoms with Crippen molar-refractivity contribution in [3.05, 3.63) is 29.8 Å². The van der Waals surface area contributed by atoms with Crippen LogP contribution in [0.5, 0.6) is 5.75 Å². The Bertz CT molecular complexity index is 522. The van der Waals surface area contributed by atoms with Gasteiger partial charge < -0.3 is 4.52 Å². The highest BCUT2D eigenvalue weighted by Gasteiger charge is 2.31. The van der Waals surface area contributed by atoms with Gasteiger partial charge in [0.1, 0.15) is 5.75 Å². The Kier molecular flexibility index (Phi) is 12.4. The van der Waals surface area contributed by atoms with Gasteiger partial charge in [0.05, 0.1) is 11.2 Å². The van der Waals surface area contributed by atoms with Crippen molar-refractivity contribution in [2.24, 2.45) is 0 Å². The lowest BCUT2D eigenvalue weighted by atomic mass is 10.0. The molecule has 1 rings (SSSR count). The van der Waals surface area contributed by atoms with Crippen molar-refractivity contribution in [1.29, 1.82) is 0 Å². The first-order valence-corrected chi connectivity index (χ1v) is 12.8. The van der Waals surface area contributed by atoms with E-state index < -0.39 is 8.60 Å². The summed E-state index contributed by atoms with van der Waals surface area (Å²) in [6.45, 7) is 14.8. The third kappa shape index (κ3) is 12.0. The molecule has 0 aliphatic heterocycles. The lowest BCUT2D eigenvalue weighted by Crippen LogP contribution is -2.27. The van der Waals surface area contributed by atoms with Crippen molar-refractivity contribution >= 4 is 8.60 Å². The number of hydrogen-bond donors (Lipinski definition) is 0. The van der Waals surface area contributed by atoms with E-state index in [0.717, 1.165) is 25.0 Å². The van der Waals surface area contributed by atoms with Gasteiger partial charge in [0.25, 0.3) is 0 Å². The summed E-state index contributed by atoms with van der Waals surface area (Å²) in [5.41, 5.74) is 0.832. The van der Waals surface area contributed by atoms with Gasteiger partial charge in [-0.1, -0.05) is 71.4 Å². The van der Waals surface area contributed by atoms with E-state index in [1.165, 1.54) is 50.5 Å². The summed E-state index contributed by atoms with van der Waals surface area (Å²) in [7, 11) is -1.46. The van der Waals surface area contributed by atoms with Crippen LogP contribution in [0, 0.1) is 0 Å². The highest BCUT2D eigenvalue weighted by Crippen LogP contribution is 2.48. The molecule has 1 aromatic carbocycles. The second kappa shape index (κ2) is 13.6. The maximum atomic E-state index is 6.20. The maximum absolute atomic E-state index is 6.20. The highest BCUT2D eigenvalue weighted by atomic mass is 31.2. The van der Waals surface area contributed by atoms with E-state index in [2.05, 4.69) is 72.7 Å². The van der Waals surface area contributed by atoms with Gasteiger partial charge in [-0.05, 0) is 71.1 Å². The lowest BCUT2D eigenvalue weighted by Gasteiger charge is -2.32. The summed E-state index contributed by atoms with van der Waals surface area (Å²) in [4.78, 5) is 0. The summed E-state index contributed by atoms with van der Waals surface area (Å²) >= 11 is 0. The van der Waals surface area contributed by atoms with Crippen molar-refractivity contribution in [3.8, 4) is 5.75 Å². The zero-order valence-electron chi connectivity index (χ0n) is 20.1. The summed E-state index contributed by atoms with van der Waals surface area (Å²) < 4.78 is 18.5. The predicted octanol–water partition coefficient (Wildman–Crippen LogP) is 9.00. The molecule has 4 heteroatoms. The Morgan fingerprint density at radius 1 is 0.690 bits per heavy atom. The van der Waals surface area contributed by atoms with Crippen LogP contribution >= 0.6 is 8.60 Å². The molecular formula is C25H45O3P. The van der Waals surface area contributed by atoms with E-state index in [1.807, 2.05) is 0 Å². The van der Waals surface area contributed by atoms with E-state index in [4.69, 9.17) is 13.6 Å². The molecule has 168 valence electrons. The average Bonchev–Trinajstić information content (AvgIpc) is 2.68. The van der Waals surface area contributed by atoms with Gasteiger partial charge in [-0.15, -0.1) is 0 Å². The highest BCUT2D eigenvalue weighted by molar-refractivity contribution is 7.42. The van der Waals surface area contributed by atoms with E-state index >= 15 is 0 Å². The van der Waals surface area contributed by atoms with E-state index in [9.17, 15) is 0 Å². The molecule has 0 saturated heterocycles. The van der Waals surface area contributed by atoms with E-state index in [0.29, 0.717) is 0 Å². The molecule has 29 heavy (non-hydrogen) atoms. The van der Waals surface area contributed by atoms with Crippen molar-refractivity contribution in [1.82, 2.24) is 0 Å². The van der Waals surface area contributed by atoms with Crippen molar-refractivity contribution in [3.63, 3.8) is 0 Å². The minimum Gasteiger partial charge on any atom is -0.427 e. The third-order valence-corrected chi connectivity index (χ3v) is 7.17. The lowest BCUT2D eigenvalue weighted by molar-refractivity contribution is 0.0299. The van der Waals surface area contributed by atoms with Gasteiger partial charge in [-0.2, -0.15) is 0 Å². The van der Waals surface area contributed by atoms with Crippen LogP contribution in [-0.2, 0) is 15.5 Å². The second-order valence-corrected chi connectivity index (χ2v) is 10.2. The number of rotatable bonds is 16. The van der Waals surface area contributed by atoms with Crippen molar-refractivity contribution in [2.45, 2.75) is 124 Å². The molecule has 0 bridgehead atoms. The molecule has 0 aromatic heterocycles. The van der Waals surface area contributed by atoms with Gasteiger partial charge >= 0.3 is 8.60 Å². The normalized spacial score (nSPS) is 12.6. The van der Waals surface area contributed by atoms with Gasteiger partial charge in [0, 0.05) is 0 Å². The van der Waals surface area contributed by atoms with Crippen LogP contribution in [-0.4, -0.2) is 11.2 Å². The van der Waals surface area contributed by atoms with Gasteiger partial charge in [-0.3, -0.25) is 9.05 Å². The van der Waals surface area contributed by atoms with Crippen LogP contribution in [0.4, 0.5) is 0 Å². The van der Waals surface area contributed by atoms with Crippen molar-refractivity contribution in [2.75, 3.05) is 0 Å². The SMILES string of the molecule is CCCCCCCCCc1ccc(OP(OC(C)(C)CC)OC(C)(C)CC)cc1.